The molecule has 0 aromatic carbocycles. The minimum atomic E-state index is -1.58. The fourth-order valence-electron chi connectivity index (χ4n) is 1.09. The third kappa shape index (κ3) is 5.84. The van der Waals surface area contributed by atoms with Crippen molar-refractivity contribution in [3.05, 3.63) is 11.1 Å². The molecule has 1 atom stereocenters. The minimum absolute atomic E-state index is 0.469. The average Bonchev–Trinajstić information content (AvgIpc) is 2.46. The van der Waals surface area contributed by atoms with Crippen molar-refractivity contribution in [2.24, 2.45) is 0 Å². The van der Waals surface area contributed by atoms with Crippen LogP contribution >= 0.6 is 19.1 Å². The number of hydrogen-bond donors (Lipinski definition) is 1. The van der Waals surface area contributed by atoms with Crippen LogP contribution in [0.15, 0.2) is 5.38 Å². The van der Waals surface area contributed by atoms with E-state index < -0.39 is 19.5 Å². The summed E-state index contributed by atoms with van der Waals surface area (Å²) < 4.78 is 16.2. The number of nitrogens with one attached hydrogen (secondary N) is 1. The number of anilines is 1. The summed E-state index contributed by atoms with van der Waals surface area (Å²) in [7, 11) is -1.58. The summed E-state index contributed by atoms with van der Waals surface area (Å²) >= 11 is 1.30. The molecule has 1 N–H and O–H groups in total. The van der Waals surface area contributed by atoms with E-state index in [1.54, 1.807) is 32.8 Å². The summed E-state index contributed by atoms with van der Waals surface area (Å²) in [6.45, 7) is 7.07. The second kappa shape index (κ2) is 5.65. The van der Waals surface area contributed by atoms with E-state index in [0.717, 1.165) is 5.69 Å². The fourth-order valence-corrected chi connectivity index (χ4v) is 2.63. The SMILES string of the molecule is C[PH](=O)Cc1csc(NC(=O)OC(C)(C)C)n1. The zero-order chi connectivity index (χ0) is 13.1. The molecule has 7 heteroatoms. The predicted octanol–water partition coefficient (Wildman–Crippen LogP) is 3.18. The lowest BCUT2D eigenvalue weighted by Crippen LogP contribution is -2.27. The second-order valence-electron chi connectivity index (χ2n) is 4.65. The molecule has 0 aliphatic carbocycles. The Labute approximate surface area is 105 Å². The Morgan fingerprint density at radius 2 is 2.24 bits per heavy atom. The quantitative estimate of drug-likeness (QED) is 0.861. The lowest BCUT2D eigenvalue weighted by molar-refractivity contribution is 0.0636. The van der Waals surface area contributed by atoms with Crippen molar-refractivity contribution < 1.29 is 14.1 Å². The van der Waals surface area contributed by atoms with Gasteiger partial charge in [-0.2, -0.15) is 0 Å². The van der Waals surface area contributed by atoms with Crippen LogP contribution in [0.4, 0.5) is 9.93 Å². The summed E-state index contributed by atoms with van der Waals surface area (Å²) in [5.41, 5.74) is 0.214. The summed E-state index contributed by atoms with van der Waals surface area (Å²) in [4.78, 5) is 15.6. The first-order valence-electron chi connectivity index (χ1n) is 5.20. The van der Waals surface area contributed by atoms with E-state index in [2.05, 4.69) is 10.3 Å². The number of amides is 1. The Bertz CT molecular complexity index is 425. The highest BCUT2D eigenvalue weighted by Gasteiger charge is 2.17. The van der Waals surface area contributed by atoms with Crippen LogP contribution in [0.3, 0.4) is 0 Å². The number of rotatable bonds is 3. The van der Waals surface area contributed by atoms with Gasteiger partial charge in [-0.3, -0.25) is 5.32 Å². The van der Waals surface area contributed by atoms with Gasteiger partial charge in [0.25, 0.3) is 0 Å². The third-order valence-electron chi connectivity index (χ3n) is 1.59. The zero-order valence-electron chi connectivity index (χ0n) is 10.4. The van der Waals surface area contributed by atoms with Crippen LogP contribution in [-0.2, 0) is 15.5 Å². The monoisotopic (exact) mass is 276 g/mol. The third-order valence-corrected chi connectivity index (χ3v) is 3.26. The molecule has 96 valence electrons. The molecule has 0 fully saturated rings. The Balaban J connectivity index is 2.55. The maximum atomic E-state index is 11.4. The topological polar surface area (TPSA) is 68.3 Å². The molecule has 1 rings (SSSR count). The Hall–Kier alpha value is -0.870. The fraction of sp³-hybridized carbons (Fsp3) is 0.600. The van der Waals surface area contributed by atoms with Crippen LogP contribution in [-0.4, -0.2) is 23.3 Å². The number of carbonyl (C=O) groups excluding carboxylic acids is 1. The van der Waals surface area contributed by atoms with Crippen molar-refractivity contribution in [2.45, 2.75) is 32.5 Å². The number of thiazole rings is 1. The number of hydrogen-bond acceptors (Lipinski definition) is 5. The van der Waals surface area contributed by atoms with Crippen molar-refractivity contribution in [1.29, 1.82) is 0 Å². The lowest BCUT2D eigenvalue weighted by Gasteiger charge is -2.18. The van der Waals surface area contributed by atoms with Crippen molar-refractivity contribution >= 4 is 30.4 Å². The molecule has 1 aromatic rings. The van der Waals surface area contributed by atoms with Crippen LogP contribution in [0, 0.1) is 0 Å². The Kier molecular flexibility index (Phi) is 4.71. The van der Waals surface area contributed by atoms with E-state index in [-0.39, 0.29) is 0 Å². The number of aromatic nitrogens is 1. The van der Waals surface area contributed by atoms with Crippen molar-refractivity contribution in [2.75, 3.05) is 12.0 Å². The van der Waals surface area contributed by atoms with Gasteiger partial charge in [0.15, 0.2) is 5.13 Å². The second-order valence-corrected chi connectivity index (χ2v) is 7.27. The molecular formula is C10H17N2O3PS. The molecular weight excluding hydrogens is 259 g/mol. The highest BCUT2D eigenvalue weighted by molar-refractivity contribution is 7.42. The smallest absolute Gasteiger partial charge is 0.413 e. The van der Waals surface area contributed by atoms with Crippen LogP contribution in [0.2, 0.25) is 0 Å². The Morgan fingerprint density at radius 1 is 1.59 bits per heavy atom. The van der Waals surface area contributed by atoms with Crippen molar-refractivity contribution in [3.8, 4) is 0 Å². The first-order valence-corrected chi connectivity index (χ1v) is 8.19. The molecule has 0 radical (unpaired) electrons. The highest BCUT2D eigenvalue weighted by Crippen LogP contribution is 2.25. The molecule has 17 heavy (non-hydrogen) atoms. The number of ether oxygens (including phenoxy) is 1. The van der Waals surface area contributed by atoms with Gasteiger partial charge in [-0.15, -0.1) is 11.3 Å². The van der Waals surface area contributed by atoms with Gasteiger partial charge < -0.3 is 9.30 Å². The molecule has 1 unspecified atom stereocenters. The minimum Gasteiger partial charge on any atom is -0.444 e. The highest BCUT2D eigenvalue weighted by atomic mass is 32.1. The van der Waals surface area contributed by atoms with Gasteiger partial charge in [0, 0.05) is 11.5 Å². The van der Waals surface area contributed by atoms with E-state index in [0.29, 0.717) is 11.3 Å². The van der Waals surface area contributed by atoms with E-state index >= 15 is 0 Å². The van der Waals surface area contributed by atoms with Crippen LogP contribution in [0.1, 0.15) is 26.5 Å². The molecule has 0 aliphatic heterocycles. The molecule has 0 bridgehead atoms. The lowest BCUT2D eigenvalue weighted by atomic mass is 10.2. The van der Waals surface area contributed by atoms with E-state index in [9.17, 15) is 9.36 Å². The van der Waals surface area contributed by atoms with Crippen LogP contribution < -0.4 is 5.32 Å². The molecule has 1 amide bonds. The van der Waals surface area contributed by atoms with Gasteiger partial charge in [0.05, 0.1) is 13.5 Å². The molecule has 1 aromatic heterocycles. The number of nitrogens with zero attached hydrogens (tertiary/aromatic N) is 1. The first-order chi connectivity index (χ1) is 7.76. The van der Waals surface area contributed by atoms with E-state index in [1.165, 1.54) is 11.3 Å². The summed E-state index contributed by atoms with van der Waals surface area (Å²) in [5.74, 6) is 0. The van der Waals surface area contributed by atoms with E-state index in [1.807, 2.05) is 0 Å². The molecule has 0 aliphatic rings. The summed E-state index contributed by atoms with van der Waals surface area (Å²) in [6, 6.07) is 0. The summed E-state index contributed by atoms with van der Waals surface area (Å²) in [5, 5.41) is 4.81. The molecule has 0 spiro atoms. The van der Waals surface area contributed by atoms with Gasteiger partial charge in [0.1, 0.15) is 5.60 Å². The first kappa shape index (κ1) is 14.2. The van der Waals surface area contributed by atoms with Gasteiger partial charge in [-0.05, 0) is 27.4 Å². The Morgan fingerprint density at radius 3 is 2.76 bits per heavy atom. The van der Waals surface area contributed by atoms with Gasteiger partial charge in [-0.25, -0.2) is 9.78 Å². The normalized spacial score (nSPS) is 13.2. The molecule has 0 saturated heterocycles. The van der Waals surface area contributed by atoms with Crippen molar-refractivity contribution in [1.82, 2.24) is 4.98 Å². The largest absolute Gasteiger partial charge is 0.444 e. The van der Waals surface area contributed by atoms with Crippen molar-refractivity contribution in [3.63, 3.8) is 0 Å². The zero-order valence-corrected chi connectivity index (χ0v) is 12.2. The summed E-state index contributed by atoms with van der Waals surface area (Å²) in [6.07, 6.45) is -0.0560. The number of carbonyl (C=O) groups is 1. The van der Waals surface area contributed by atoms with E-state index in [4.69, 9.17) is 4.74 Å². The standard InChI is InChI=1S/C10H17N2O3PS/c1-10(2,3)15-9(13)12-8-11-7(6-17-8)5-16(4)14/h6,16H,5H2,1-4H3,(H,11,12,13). The maximum absolute atomic E-state index is 11.4. The maximum Gasteiger partial charge on any atom is 0.413 e. The average molecular weight is 276 g/mol. The molecule has 0 saturated carbocycles. The predicted molar refractivity (Wildman–Crippen MR) is 70.6 cm³/mol. The molecule has 5 nitrogen and oxygen atoms in total. The van der Waals surface area contributed by atoms with Gasteiger partial charge in [0.2, 0.25) is 0 Å². The molecule has 1 heterocycles. The van der Waals surface area contributed by atoms with Gasteiger partial charge >= 0.3 is 6.09 Å². The van der Waals surface area contributed by atoms with Crippen LogP contribution in [0.5, 0.6) is 0 Å². The van der Waals surface area contributed by atoms with Gasteiger partial charge in [-0.1, -0.05) is 0 Å². The van der Waals surface area contributed by atoms with Crippen LogP contribution in [0.25, 0.3) is 0 Å².